The molecule has 14 nitrogen and oxygen atoms in total. The first-order chi connectivity index (χ1) is 19.3. The fraction of sp³-hybridized carbons (Fsp3) is 0.720. The summed E-state index contributed by atoms with van der Waals surface area (Å²) in [7, 11) is 2.96. The molecule has 2 aromatic heterocycles. The lowest BCUT2D eigenvalue weighted by Crippen LogP contribution is -2.20. The van der Waals surface area contributed by atoms with E-state index in [1.807, 2.05) is 13.8 Å². The van der Waals surface area contributed by atoms with Crippen LogP contribution in [0.1, 0.15) is 89.9 Å². The molecule has 224 valence electrons. The number of esters is 3. The van der Waals surface area contributed by atoms with Crippen molar-refractivity contribution in [2.24, 2.45) is 0 Å². The van der Waals surface area contributed by atoms with Crippen LogP contribution in [0.4, 0.5) is 0 Å². The molecule has 15 heteroatoms. The molecule has 2 aromatic rings. The van der Waals surface area contributed by atoms with E-state index in [4.69, 9.17) is 35.3 Å². The predicted octanol–water partition coefficient (Wildman–Crippen LogP) is 2.86. The molecule has 2 heterocycles. The standard InChI is InChI=1S/C25H39ClN6O8/c1-5-19(26)16-18(2)32-17-20(27-29-32)23(33)38-11-9-7-6-8-10-31-22(25(35)40-15-13-37-4)21(28-30-31)24(34)39-14-12-36-3/h17-19H,5-16H2,1-4H3. The van der Waals surface area contributed by atoms with Gasteiger partial charge in [-0.05, 0) is 39.0 Å². The molecule has 2 rings (SSSR count). The summed E-state index contributed by atoms with van der Waals surface area (Å²) in [5, 5.41) is 15.7. The number of aryl methyl sites for hydroxylation is 1. The van der Waals surface area contributed by atoms with Crippen LogP contribution in [0.2, 0.25) is 0 Å². The number of ether oxygens (including phenoxy) is 5. The van der Waals surface area contributed by atoms with Gasteiger partial charge >= 0.3 is 17.9 Å². The zero-order valence-electron chi connectivity index (χ0n) is 23.5. The molecule has 0 aliphatic rings. The quantitative estimate of drug-likeness (QED) is 0.0967. The third-order valence-electron chi connectivity index (χ3n) is 5.87. The molecule has 0 aliphatic carbocycles. The Kier molecular flexibility index (Phi) is 15.1. The fourth-order valence-corrected chi connectivity index (χ4v) is 3.83. The Morgan fingerprint density at radius 1 is 0.850 bits per heavy atom. The molecule has 0 saturated heterocycles. The van der Waals surface area contributed by atoms with Gasteiger partial charge in [0.15, 0.2) is 11.4 Å². The summed E-state index contributed by atoms with van der Waals surface area (Å²) in [5.41, 5.74) is -0.141. The normalized spacial score (nSPS) is 12.6. The molecule has 0 saturated carbocycles. The maximum atomic E-state index is 12.6. The number of hydrogen-bond acceptors (Lipinski definition) is 12. The van der Waals surface area contributed by atoms with Crippen LogP contribution in [0.15, 0.2) is 6.20 Å². The lowest BCUT2D eigenvalue weighted by molar-refractivity contribution is 0.0333. The molecule has 2 unspecified atom stereocenters. The van der Waals surface area contributed by atoms with Crippen LogP contribution in [0.25, 0.3) is 0 Å². The first kappa shape index (κ1) is 33.1. The van der Waals surface area contributed by atoms with E-state index in [2.05, 4.69) is 20.6 Å². The van der Waals surface area contributed by atoms with Crippen LogP contribution in [0.5, 0.6) is 0 Å². The zero-order valence-corrected chi connectivity index (χ0v) is 24.3. The molecule has 0 N–H and O–H groups in total. The van der Waals surface area contributed by atoms with Crippen molar-refractivity contribution in [2.45, 2.75) is 70.3 Å². The number of unbranched alkanes of at least 4 members (excludes halogenated alkanes) is 3. The van der Waals surface area contributed by atoms with Crippen LogP contribution in [-0.2, 0) is 30.2 Å². The predicted molar refractivity (Wildman–Crippen MR) is 142 cm³/mol. The van der Waals surface area contributed by atoms with E-state index in [-0.39, 0.29) is 61.5 Å². The number of halogens is 1. The molecular formula is C25H39ClN6O8. The lowest BCUT2D eigenvalue weighted by Gasteiger charge is -2.13. The van der Waals surface area contributed by atoms with Gasteiger partial charge in [-0.3, -0.25) is 0 Å². The van der Waals surface area contributed by atoms with Crippen LogP contribution in [-0.4, -0.2) is 101 Å². The van der Waals surface area contributed by atoms with Crippen molar-refractivity contribution >= 4 is 29.5 Å². The molecule has 0 radical (unpaired) electrons. The number of alkyl halides is 1. The van der Waals surface area contributed by atoms with E-state index in [9.17, 15) is 14.4 Å². The van der Waals surface area contributed by atoms with Gasteiger partial charge in [0.05, 0.1) is 32.1 Å². The van der Waals surface area contributed by atoms with Crippen molar-refractivity contribution in [1.82, 2.24) is 30.0 Å². The summed E-state index contributed by atoms with van der Waals surface area (Å²) in [5.74, 6) is -2.06. The van der Waals surface area contributed by atoms with Gasteiger partial charge in [-0.25, -0.2) is 23.7 Å². The second-order valence-corrected chi connectivity index (χ2v) is 9.61. The number of hydrogen-bond donors (Lipinski definition) is 0. The van der Waals surface area contributed by atoms with E-state index in [1.54, 1.807) is 10.9 Å². The molecule has 40 heavy (non-hydrogen) atoms. The molecule has 0 aromatic carbocycles. The van der Waals surface area contributed by atoms with E-state index < -0.39 is 17.9 Å². The molecule has 0 spiro atoms. The van der Waals surface area contributed by atoms with Crippen LogP contribution >= 0.6 is 11.6 Å². The van der Waals surface area contributed by atoms with Gasteiger partial charge in [-0.2, -0.15) is 0 Å². The zero-order chi connectivity index (χ0) is 29.3. The van der Waals surface area contributed by atoms with Crippen LogP contribution in [0, 0.1) is 0 Å². The number of aromatic nitrogens is 6. The Bertz CT molecular complexity index is 1060. The topological polar surface area (TPSA) is 159 Å². The molecule has 0 fully saturated rings. The first-order valence-electron chi connectivity index (χ1n) is 13.3. The van der Waals surface area contributed by atoms with Crippen molar-refractivity contribution in [3.05, 3.63) is 23.3 Å². The van der Waals surface area contributed by atoms with Gasteiger partial charge in [0.25, 0.3) is 0 Å². The minimum Gasteiger partial charge on any atom is -0.461 e. The number of carbonyl (C=O) groups excluding carboxylic acids is 3. The van der Waals surface area contributed by atoms with Crippen molar-refractivity contribution < 1.29 is 38.1 Å². The fourth-order valence-electron chi connectivity index (χ4n) is 3.57. The van der Waals surface area contributed by atoms with E-state index >= 15 is 0 Å². The van der Waals surface area contributed by atoms with E-state index in [0.717, 1.165) is 25.7 Å². The van der Waals surface area contributed by atoms with Gasteiger partial charge in [0.2, 0.25) is 5.69 Å². The average molecular weight is 587 g/mol. The number of methoxy groups -OCH3 is 2. The minimum atomic E-state index is -0.789. The highest BCUT2D eigenvalue weighted by Gasteiger charge is 2.28. The summed E-state index contributed by atoms with van der Waals surface area (Å²) in [6.45, 7) is 4.98. The van der Waals surface area contributed by atoms with Gasteiger partial charge in [0, 0.05) is 26.1 Å². The Morgan fingerprint density at radius 3 is 2.17 bits per heavy atom. The smallest absolute Gasteiger partial charge is 0.361 e. The van der Waals surface area contributed by atoms with Crippen molar-refractivity contribution in [3.63, 3.8) is 0 Å². The molecule has 0 aliphatic heterocycles. The number of carbonyl (C=O) groups is 3. The number of nitrogens with zero attached hydrogens (tertiary/aromatic N) is 6. The summed E-state index contributed by atoms with van der Waals surface area (Å²) in [4.78, 5) is 37.3. The monoisotopic (exact) mass is 586 g/mol. The van der Waals surface area contributed by atoms with Crippen molar-refractivity contribution in [1.29, 1.82) is 0 Å². The lowest BCUT2D eigenvalue weighted by atomic mass is 10.1. The third kappa shape index (κ3) is 10.8. The Labute approximate surface area is 238 Å². The van der Waals surface area contributed by atoms with Gasteiger partial charge < -0.3 is 23.7 Å². The average Bonchev–Trinajstić information content (AvgIpc) is 3.60. The highest BCUT2D eigenvalue weighted by molar-refractivity contribution is 6.20. The Morgan fingerprint density at radius 2 is 1.50 bits per heavy atom. The largest absolute Gasteiger partial charge is 0.461 e. The Hall–Kier alpha value is -3.10. The summed E-state index contributed by atoms with van der Waals surface area (Å²) in [6, 6.07) is 0.0200. The van der Waals surface area contributed by atoms with Crippen LogP contribution in [0.3, 0.4) is 0 Å². The van der Waals surface area contributed by atoms with E-state index in [1.165, 1.54) is 18.9 Å². The Balaban J connectivity index is 1.79. The maximum Gasteiger partial charge on any atom is 0.361 e. The highest BCUT2D eigenvalue weighted by Crippen LogP contribution is 2.18. The highest BCUT2D eigenvalue weighted by atomic mass is 35.5. The van der Waals surface area contributed by atoms with Crippen molar-refractivity contribution in [2.75, 3.05) is 47.3 Å². The molecule has 0 amide bonds. The first-order valence-corrected chi connectivity index (χ1v) is 13.7. The summed E-state index contributed by atoms with van der Waals surface area (Å²) in [6.07, 6.45) is 5.94. The summed E-state index contributed by atoms with van der Waals surface area (Å²) < 4.78 is 28.3. The second-order valence-electron chi connectivity index (χ2n) is 8.99. The molecule has 0 bridgehead atoms. The summed E-state index contributed by atoms with van der Waals surface area (Å²) >= 11 is 6.21. The van der Waals surface area contributed by atoms with Gasteiger partial charge in [-0.15, -0.1) is 21.8 Å². The maximum absolute atomic E-state index is 12.6. The third-order valence-corrected chi connectivity index (χ3v) is 6.36. The van der Waals surface area contributed by atoms with Crippen LogP contribution < -0.4 is 0 Å². The van der Waals surface area contributed by atoms with Gasteiger partial charge in [-0.1, -0.05) is 23.8 Å². The minimum absolute atomic E-state index is 0.00979. The van der Waals surface area contributed by atoms with Crippen molar-refractivity contribution in [3.8, 4) is 0 Å². The second kappa shape index (κ2) is 18.3. The molecular weight excluding hydrogens is 548 g/mol. The number of rotatable bonds is 20. The molecule has 2 atom stereocenters. The van der Waals surface area contributed by atoms with E-state index in [0.29, 0.717) is 19.4 Å². The SMILES string of the molecule is CCC(Cl)CC(C)n1cc(C(=O)OCCCCCCn2nnc(C(=O)OCCOC)c2C(=O)OCCOC)nn1. The van der Waals surface area contributed by atoms with Gasteiger partial charge in [0.1, 0.15) is 13.2 Å².